The highest BCUT2D eigenvalue weighted by Crippen LogP contribution is 2.22. The minimum absolute atomic E-state index is 0.0706. The molecule has 0 aromatic heterocycles. The molecule has 0 saturated carbocycles. The van der Waals surface area contributed by atoms with Crippen LogP contribution >= 0.6 is 0 Å². The molecular formula is C11H10F5NO2. The summed E-state index contributed by atoms with van der Waals surface area (Å²) in [6.45, 7) is 1.24. The number of carbonyl (C=O) groups is 1. The van der Waals surface area contributed by atoms with Crippen LogP contribution in [0.4, 0.5) is 22.0 Å². The highest BCUT2D eigenvalue weighted by molar-refractivity contribution is 5.94. The lowest BCUT2D eigenvalue weighted by molar-refractivity contribution is 0.0934. The molecule has 1 unspecified atom stereocenters. The van der Waals surface area contributed by atoms with E-state index >= 15 is 0 Å². The number of aliphatic hydroxyl groups excluding tert-OH is 1. The second-order valence-corrected chi connectivity index (χ2v) is 3.84. The van der Waals surface area contributed by atoms with Gasteiger partial charge in [0.2, 0.25) is 5.82 Å². The second-order valence-electron chi connectivity index (χ2n) is 3.84. The molecule has 0 aliphatic carbocycles. The molecule has 0 radical (unpaired) electrons. The fourth-order valence-electron chi connectivity index (χ4n) is 1.29. The van der Waals surface area contributed by atoms with Crippen molar-refractivity contribution in [1.82, 2.24) is 5.32 Å². The molecule has 8 heteroatoms. The maximum absolute atomic E-state index is 13.2. The minimum atomic E-state index is -2.32. The van der Waals surface area contributed by atoms with E-state index in [1.807, 2.05) is 5.32 Å². The first kappa shape index (κ1) is 15.4. The zero-order valence-corrected chi connectivity index (χ0v) is 9.74. The van der Waals surface area contributed by atoms with E-state index in [1.165, 1.54) is 6.92 Å². The maximum atomic E-state index is 13.2. The fraction of sp³-hybridized carbons (Fsp3) is 0.364. The van der Waals surface area contributed by atoms with Crippen LogP contribution < -0.4 is 5.32 Å². The van der Waals surface area contributed by atoms with E-state index in [2.05, 4.69) is 0 Å². The number of amides is 1. The van der Waals surface area contributed by atoms with Crippen molar-refractivity contribution in [2.24, 2.45) is 0 Å². The van der Waals surface area contributed by atoms with E-state index in [9.17, 15) is 26.7 Å². The summed E-state index contributed by atoms with van der Waals surface area (Å²) in [5, 5.41) is 10.9. The second kappa shape index (κ2) is 5.96. The monoisotopic (exact) mass is 283 g/mol. The van der Waals surface area contributed by atoms with Crippen molar-refractivity contribution in [3.8, 4) is 0 Å². The van der Waals surface area contributed by atoms with Gasteiger partial charge in [0.05, 0.1) is 6.10 Å². The molecule has 1 aromatic carbocycles. The van der Waals surface area contributed by atoms with E-state index < -0.39 is 46.7 Å². The van der Waals surface area contributed by atoms with Crippen molar-refractivity contribution < 1.29 is 31.9 Å². The van der Waals surface area contributed by atoms with Crippen molar-refractivity contribution in [1.29, 1.82) is 0 Å². The van der Waals surface area contributed by atoms with E-state index in [0.29, 0.717) is 0 Å². The Morgan fingerprint density at radius 3 is 1.89 bits per heavy atom. The molecule has 1 aromatic rings. The third kappa shape index (κ3) is 3.19. The summed E-state index contributed by atoms with van der Waals surface area (Å²) in [5.74, 6) is -12.5. The lowest BCUT2D eigenvalue weighted by atomic mass is 10.1. The summed E-state index contributed by atoms with van der Waals surface area (Å²) >= 11 is 0. The van der Waals surface area contributed by atoms with Gasteiger partial charge < -0.3 is 10.4 Å². The smallest absolute Gasteiger partial charge is 0.257 e. The molecule has 0 fully saturated rings. The standard InChI is InChI=1S/C11H10F5NO2/c1-4(18)2-3-17-11(19)5-6(12)8(14)10(16)9(15)7(5)13/h4,18H,2-3H2,1H3,(H,17,19). The largest absolute Gasteiger partial charge is 0.393 e. The Kier molecular flexibility index (Phi) is 4.82. The van der Waals surface area contributed by atoms with Gasteiger partial charge in [-0.3, -0.25) is 4.79 Å². The van der Waals surface area contributed by atoms with Gasteiger partial charge in [-0.2, -0.15) is 0 Å². The van der Waals surface area contributed by atoms with Gasteiger partial charge in [-0.1, -0.05) is 0 Å². The predicted octanol–water partition coefficient (Wildman–Crippen LogP) is 1.88. The topological polar surface area (TPSA) is 49.3 Å². The Morgan fingerprint density at radius 2 is 1.47 bits per heavy atom. The molecule has 0 bridgehead atoms. The summed E-state index contributed by atoms with van der Waals surface area (Å²) in [6.07, 6.45) is -0.710. The number of halogens is 5. The zero-order chi connectivity index (χ0) is 14.7. The Hall–Kier alpha value is -1.70. The molecule has 3 nitrogen and oxygen atoms in total. The van der Waals surface area contributed by atoms with Gasteiger partial charge in [-0.25, -0.2) is 22.0 Å². The number of nitrogens with one attached hydrogen (secondary N) is 1. The lowest BCUT2D eigenvalue weighted by Crippen LogP contribution is -2.29. The molecule has 0 saturated heterocycles. The molecular weight excluding hydrogens is 273 g/mol. The van der Waals surface area contributed by atoms with Crippen LogP contribution in [0.15, 0.2) is 0 Å². The quantitative estimate of drug-likeness (QED) is 0.503. The SMILES string of the molecule is CC(O)CCNC(=O)c1c(F)c(F)c(F)c(F)c1F. The Labute approximate surface area is 105 Å². The van der Waals surface area contributed by atoms with Crippen LogP contribution in [0, 0.1) is 29.1 Å². The Morgan fingerprint density at radius 1 is 1.05 bits per heavy atom. The van der Waals surface area contributed by atoms with E-state index in [0.717, 1.165) is 0 Å². The number of carbonyl (C=O) groups excluding carboxylic acids is 1. The highest BCUT2D eigenvalue weighted by Gasteiger charge is 2.29. The van der Waals surface area contributed by atoms with Crippen LogP contribution in [0.3, 0.4) is 0 Å². The number of rotatable bonds is 4. The van der Waals surface area contributed by atoms with Gasteiger partial charge in [0.25, 0.3) is 5.91 Å². The molecule has 0 heterocycles. The summed E-state index contributed by atoms with van der Waals surface area (Å²) in [5.41, 5.74) is -1.54. The molecule has 1 amide bonds. The summed E-state index contributed by atoms with van der Waals surface area (Å²) in [4.78, 5) is 11.4. The molecule has 1 rings (SSSR count). The predicted molar refractivity (Wildman–Crippen MR) is 54.9 cm³/mol. The number of hydrogen-bond donors (Lipinski definition) is 2. The van der Waals surface area contributed by atoms with E-state index in [1.54, 1.807) is 0 Å². The molecule has 2 N–H and O–H groups in total. The number of hydrogen-bond acceptors (Lipinski definition) is 2. The van der Waals surface area contributed by atoms with Crippen LogP contribution in [0.25, 0.3) is 0 Å². The van der Waals surface area contributed by atoms with Crippen molar-refractivity contribution in [3.05, 3.63) is 34.6 Å². The number of benzene rings is 1. The normalized spacial score (nSPS) is 12.4. The van der Waals surface area contributed by atoms with E-state index in [-0.39, 0.29) is 13.0 Å². The van der Waals surface area contributed by atoms with Crippen LogP contribution in [-0.4, -0.2) is 23.7 Å². The van der Waals surface area contributed by atoms with Gasteiger partial charge >= 0.3 is 0 Å². The van der Waals surface area contributed by atoms with Crippen molar-refractivity contribution in [2.75, 3.05) is 6.54 Å². The summed E-state index contributed by atoms with van der Waals surface area (Å²) in [6, 6.07) is 0. The average Bonchev–Trinajstić information content (AvgIpc) is 2.34. The first-order valence-electron chi connectivity index (χ1n) is 5.25. The number of aliphatic hydroxyl groups is 1. The van der Waals surface area contributed by atoms with Gasteiger partial charge in [0.1, 0.15) is 5.56 Å². The average molecular weight is 283 g/mol. The molecule has 106 valence electrons. The van der Waals surface area contributed by atoms with Gasteiger partial charge in [-0.05, 0) is 13.3 Å². The molecule has 0 aliphatic heterocycles. The molecule has 0 spiro atoms. The van der Waals surface area contributed by atoms with Crippen LogP contribution in [-0.2, 0) is 0 Å². The molecule has 1 atom stereocenters. The van der Waals surface area contributed by atoms with Gasteiger partial charge in [-0.15, -0.1) is 0 Å². The summed E-state index contributed by atoms with van der Waals surface area (Å²) in [7, 11) is 0. The third-order valence-corrected chi connectivity index (χ3v) is 2.28. The fourth-order valence-corrected chi connectivity index (χ4v) is 1.29. The van der Waals surface area contributed by atoms with E-state index in [4.69, 9.17) is 5.11 Å². The van der Waals surface area contributed by atoms with Gasteiger partial charge in [0.15, 0.2) is 23.3 Å². The Balaban J connectivity index is 3.04. The van der Waals surface area contributed by atoms with Crippen molar-refractivity contribution >= 4 is 5.91 Å². The van der Waals surface area contributed by atoms with Crippen LogP contribution in [0.2, 0.25) is 0 Å². The summed E-state index contributed by atoms with van der Waals surface area (Å²) < 4.78 is 64.8. The van der Waals surface area contributed by atoms with Crippen molar-refractivity contribution in [2.45, 2.75) is 19.4 Å². The first-order chi connectivity index (χ1) is 8.77. The Bertz CT molecular complexity index is 475. The third-order valence-electron chi connectivity index (χ3n) is 2.28. The molecule has 0 aliphatic rings. The molecule has 19 heavy (non-hydrogen) atoms. The van der Waals surface area contributed by atoms with Crippen LogP contribution in [0.5, 0.6) is 0 Å². The van der Waals surface area contributed by atoms with Crippen LogP contribution in [0.1, 0.15) is 23.7 Å². The lowest BCUT2D eigenvalue weighted by Gasteiger charge is -2.09. The highest BCUT2D eigenvalue weighted by atomic mass is 19.2. The zero-order valence-electron chi connectivity index (χ0n) is 9.74. The first-order valence-corrected chi connectivity index (χ1v) is 5.25. The van der Waals surface area contributed by atoms with Crippen molar-refractivity contribution in [3.63, 3.8) is 0 Å². The van der Waals surface area contributed by atoms with Gasteiger partial charge in [0, 0.05) is 6.54 Å². The maximum Gasteiger partial charge on any atom is 0.257 e. The minimum Gasteiger partial charge on any atom is -0.393 e.